The van der Waals surface area contributed by atoms with Crippen molar-refractivity contribution in [2.24, 2.45) is 0 Å². The second kappa shape index (κ2) is 4.40. The summed E-state index contributed by atoms with van der Waals surface area (Å²) in [6, 6.07) is 10.6. The molecule has 1 aliphatic carbocycles. The third-order valence-corrected chi connectivity index (χ3v) is 4.04. The molecule has 106 valence electrons. The van der Waals surface area contributed by atoms with E-state index in [0.717, 1.165) is 23.9 Å². The number of imidazole rings is 1. The van der Waals surface area contributed by atoms with Gasteiger partial charge in [0.25, 0.3) is 0 Å². The molecular formula is C16H13ClN2O2. The van der Waals surface area contributed by atoms with Gasteiger partial charge in [-0.2, -0.15) is 0 Å². The first-order chi connectivity index (χ1) is 10.1. The van der Waals surface area contributed by atoms with Crippen molar-refractivity contribution >= 4 is 22.6 Å². The van der Waals surface area contributed by atoms with Crippen molar-refractivity contribution < 1.29 is 10.2 Å². The van der Waals surface area contributed by atoms with Crippen molar-refractivity contribution in [1.29, 1.82) is 0 Å². The molecule has 1 fully saturated rings. The highest BCUT2D eigenvalue weighted by molar-refractivity contribution is 6.31. The van der Waals surface area contributed by atoms with Crippen molar-refractivity contribution in [1.82, 2.24) is 9.55 Å². The molecule has 0 bridgehead atoms. The fourth-order valence-corrected chi connectivity index (χ4v) is 2.87. The van der Waals surface area contributed by atoms with Gasteiger partial charge in [0.2, 0.25) is 0 Å². The molecule has 0 spiro atoms. The van der Waals surface area contributed by atoms with E-state index in [-0.39, 0.29) is 11.5 Å². The molecule has 5 heteroatoms. The molecule has 0 radical (unpaired) electrons. The van der Waals surface area contributed by atoms with E-state index in [1.807, 2.05) is 12.1 Å². The van der Waals surface area contributed by atoms with Gasteiger partial charge in [0, 0.05) is 11.1 Å². The molecule has 0 atom stereocenters. The summed E-state index contributed by atoms with van der Waals surface area (Å²) >= 11 is 6.09. The quantitative estimate of drug-likeness (QED) is 0.749. The second-order valence-corrected chi connectivity index (χ2v) is 5.78. The Labute approximate surface area is 126 Å². The summed E-state index contributed by atoms with van der Waals surface area (Å²) in [5.74, 6) is 0.641. The minimum atomic E-state index is 0.0262. The fraction of sp³-hybridized carbons (Fsp3) is 0.188. The summed E-state index contributed by atoms with van der Waals surface area (Å²) in [5.41, 5.74) is 2.11. The summed E-state index contributed by atoms with van der Waals surface area (Å²) in [6.07, 6.45) is 2.14. The van der Waals surface area contributed by atoms with Gasteiger partial charge in [-0.25, -0.2) is 4.98 Å². The van der Waals surface area contributed by atoms with Crippen molar-refractivity contribution in [2.75, 3.05) is 0 Å². The number of halogens is 1. The average molecular weight is 301 g/mol. The highest BCUT2D eigenvalue weighted by Crippen LogP contribution is 2.45. The van der Waals surface area contributed by atoms with Crippen LogP contribution in [0.25, 0.3) is 22.4 Å². The van der Waals surface area contributed by atoms with E-state index in [9.17, 15) is 10.2 Å². The molecule has 0 amide bonds. The van der Waals surface area contributed by atoms with E-state index in [4.69, 9.17) is 11.6 Å². The van der Waals surface area contributed by atoms with Crippen LogP contribution in [0.2, 0.25) is 5.02 Å². The van der Waals surface area contributed by atoms with Gasteiger partial charge < -0.3 is 14.8 Å². The molecule has 1 aromatic heterocycles. The number of hydrogen-bond acceptors (Lipinski definition) is 3. The maximum atomic E-state index is 10.1. The summed E-state index contributed by atoms with van der Waals surface area (Å²) in [4.78, 5) is 4.59. The van der Waals surface area contributed by atoms with Gasteiger partial charge >= 0.3 is 0 Å². The summed E-state index contributed by atoms with van der Waals surface area (Å²) in [5, 5.41) is 20.9. The number of aromatic hydroxyl groups is 2. The lowest BCUT2D eigenvalue weighted by molar-refractivity contribution is 0.453. The fourth-order valence-electron chi connectivity index (χ4n) is 2.70. The molecule has 3 aromatic rings. The van der Waals surface area contributed by atoms with Crippen molar-refractivity contribution in [3.8, 4) is 22.9 Å². The van der Waals surface area contributed by atoms with E-state index in [1.54, 1.807) is 24.3 Å². The molecule has 1 aliphatic rings. The zero-order valence-corrected chi connectivity index (χ0v) is 11.9. The number of phenols is 2. The monoisotopic (exact) mass is 300 g/mol. The van der Waals surface area contributed by atoms with E-state index in [0.29, 0.717) is 22.5 Å². The molecule has 1 heterocycles. The van der Waals surface area contributed by atoms with Gasteiger partial charge in [0.05, 0.1) is 11.0 Å². The van der Waals surface area contributed by atoms with E-state index < -0.39 is 0 Å². The first kappa shape index (κ1) is 12.5. The van der Waals surface area contributed by atoms with Crippen LogP contribution < -0.4 is 0 Å². The molecule has 0 saturated heterocycles. The van der Waals surface area contributed by atoms with Gasteiger partial charge in [0.15, 0.2) is 0 Å². The maximum Gasteiger partial charge on any atom is 0.148 e. The Morgan fingerprint density at radius 3 is 2.48 bits per heavy atom. The number of hydrogen-bond donors (Lipinski definition) is 2. The predicted octanol–water partition coefficient (Wildman–Crippen LogP) is 4.10. The van der Waals surface area contributed by atoms with Crippen LogP contribution >= 0.6 is 11.6 Å². The van der Waals surface area contributed by atoms with Crippen molar-refractivity contribution in [2.45, 2.75) is 18.9 Å². The molecule has 2 N–H and O–H groups in total. The zero-order valence-electron chi connectivity index (χ0n) is 11.1. The van der Waals surface area contributed by atoms with Crippen LogP contribution in [0.15, 0.2) is 36.4 Å². The molecule has 1 saturated carbocycles. The molecule has 0 unspecified atom stereocenters. The SMILES string of the molecule is Oc1cccc(O)c1-c1nc2ccc(Cl)cc2n1C1CC1. The van der Waals surface area contributed by atoms with Crippen LogP contribution in [0.4, 0.5) is 0 Å². The smallest absolute Gasteiger partial charge is 0.148 e. The van der Waals surface area contributed by atoms with Crippen LogP contribution in [0.1, 0.15) is 18.9 Å². The van der Waals surface area contributed by atoms with Crippen LogP contribution in [0, 0.1) is 0 Å². The summed E-state index contributed by atoms with van der Waals surface area (Å²) < 4.78 is 2.07. The number of nitrogens with zero attached hydrogens (tertiary/aromatic N) is 2. The topological polar surface area (TPSA) is 58.3 Å². The van der Waals surface area contributed by atoms with E-state index in [2.05, 4.69) is 9.55 Å². The first-order valence-electron chi connectivity index (χ1n) is 6.84. The minimum Gasteiger partial charge on any atom is -0.507 e. The van der Waals surface area contributed by atoms with Crippen LogP contribution in [-0.2, 0) is 0 Å². The molecule has 0 aliphatic heterocycles. The third-order valence-electron chi connectivity index (χ3n) is 3.81. The standard InChI is InChI=1S/C16H13ClN2O2/c17-9-4-7-11-12(8-9)19(10-5-6-10)16(18-11)15-13(20)2-1-3-14(15)21/h1-4,7-8,10,20-21H,5-6H2. The molecule has 4 rings (SSSR count). The zero-order chi connectivity index (χ0) is 14.6. The summed E-state index contributed by atoms with van der Waals surface area (Å²) in [6.45, 7) is 0. The van der Waals surface area contributed by atoms with E-state index >= 15 is 0 Å². The van der Waals surface area contributed by atoms with Crippen molar-refractivity contribution in [3.05, 3.63) is 41.4 Å². The van der Waals surface area contributed by atoms with Gasteiger partial charge in [-0.15, -0.1) is 0 Å². The lowest BCUT2D eigenvalue weighted by Crippen LogP contribution is -1.98. The molecular weight excluding hydrogens is 288 g/mol. The predicted molar refractivity (Wildman–Crippen MR) is 81.8 cm³/mol. The molecule has 4 nitrogen and oxygen atoms in total. The number of fused-ring (bicyclic) bond motifs is 1. The Morgan fingerprint density at radius 2 is 1.81 bits per heavy atom. The van der Waals surface area contributed by atoms with Gasteiger partial charge in [-0.1, -0.05) is 17.7 Å². The second-order valence-electron chi connectivity index (χ2n) is 5.34. The largest absolute Gasteiger partial charge is 0.507 e. The third kappa shape index (κ3) is 1.94. The lowest BCUT2D eigenvalue weighted by Gasteiger charge is -2.10. The van der Waals surface area contributed by atoms with Gasteiger partial charge in [-0.3, -0.25) is 0 Å². The number of aromatic nitrogens is 2. The Kier molecular flexibility index (Phi) is 2.62. The Hall–Kier alpha value is -2.20. The molecule has 2 aromatic carbocycles. The lowest BCUT2D eigenvalue weighted by atomic mass is 10.1. The normalized spacial score (nSPS) is 14.7. The maximum absolute atomic E-state index is 10.1. The highest BCUT2D eigenvalue weighted by atomic mass is 35.5. The Balaban J connectivity index is 2.07. The first-order valence-corrected chi connectivity index (χ1v) is 7.22. The average Bonchev–Trinajstić information content (AvgIpc) is 3.21. The van der Waals surface area contributed by atoms with Gasteiger partial charge in [-0.05, 0) is 43.2 Å². The number of benzene rings is 2. The van der Waals surface area contributed by atoms with Crippen molar-refractivity contribution in [3.63, 3.8) is 0 Å². The van der Waals surface area contributed by atoms with Crippen LogP contribution in [0.5, 0.6) is 11.5 Å². The van der Waals surface area contributed by atoms with Crippen LogP contribution in [0.3, 0.4) is 0 Å². The Morgan fingerprint density at radius 1 is 1.10 bits per heavy atom. The summed E-state index contributed by atoms with van der Waals surface area (Å²) in [7, 11) is 0. The molecule has 21 heavy (non-hydrogen) atoms. The number of rotatable bonds is 2. The van der Waals surface area contributed by atoms with E-state index in [1.165, 1.54) is 0 Å². The van der Waals surface area contributed by atoms with Crippen LogP contribution in [-0.4, -0.2) is 19.8 Å². The highest BCUT2D eigenvalue weighted by Gasteiger charge is 2.30. The van der Waals surface area contributed by atoms with Gasteiger partial charge in [0.1, 0.15) is 22.9 Å². The minimum absolute atomic E-state index is 0.0262. The Bertz CT molecular complexity index is 833. The number of phenolic OH excluding ortho intramolecular Hbond substituents is 2.